The van der Waals surface area contributed by atoms with Gasteiger partial charge in [-0.1, -0.05) is 12.1 Å². The maximum Gasteiger partial charge on any atom is 0.313 e. The summed E-state index contributed by atoms with van der Waals surface area (Å²) in [5, 5.41) is 7.35. The van der Waals surface area contributed by atoms with Gasteiger partial charge in [-0.05, 0) is 48.9 Å². The Balaban J connectivity index is 1.79. The molecule has 130 valence electrons. The Morgan fingerprint density at radius 2 is 1.64 bits per heavy atom. The zero-order valence-electron chi connectivity index (χ0n) is 14.0. The molecule has 3 amide bonds. The standard InChI is InChI=1S/C18H19N3O4/c1-12-4-3-5-14(10-12)21-18(24)17(23)19-11-16(22)20-13-6-8-15(25-2)9-7-13/h3-10H,11H2,1-2H3,(H,19,23)(H,20,22)(H,21,24). The fourth-order valence-electron chi connectivity index (χ4n) is 2.03. The van der Waals surface area contributed by atoms with E-state index in [1.807, 2.05) is 13.0 Å². The Morgan fingerprint density at radius 3 is 2.28 bits per heavy atom. The topological polar surface area (TPSA) is 96.5 Å². The van der Waals surface area contributed by atoms with Crippen molar-refractivity contribution >= 4 is 29.1 Å². The molecular formula is C18H19N3O4. The average Bonchev–Trinajstić information content (AvgIpc) is 2.60. The Labute approximate surface area is 145 Å². The summed E-state index contributed by atoms with van der Waals surface area (Å²) in [6.07, 6.45) is 0. The molecular weight excluding hydrogens is 322 g/mol. The van der Waals surface area contributed by atoms with Crippen LogP contribution in [0.3, 0.4) is 0 Å². The number of aryl methyl sites for hydroxylation is 1. The van der Waals surface area contributed by atoms with Crippen molar-refractivity contribution in [3.05, 3.63) is 54.1 Å². The van der Waals surface area contributed by atoms with Gasteiger partial charge in [0.15, 0.2) is 0 Å². The zero-order chi connectivity index (χ0) is 18.2. The van der Waals surface area contributed by atoms with Gasteiger partial charge in [-0.15, -0.1) is 0 Å². The van der Waals surface area contributed by atoms with E-state index in [1.54, 1.807) is 49.6 Å². The number of nitrogens with one attached hydrogen (secondary N) is 3. The molecule has 0 heterocycles. The van der Waals surface area contributed by atoms with Crippen molar-refractivity contribution in [3.63, 3.8) is 0 Å². The minimum Gasteiger partial charge on any atom is -0.497 e. The van der Waals surface area contributed by atoms with Gasteiger partial charge in [0, 0.05) is 11.4 Å². The first-order chi connectivity index (χ1) is 12.0. The van der Waals surface area contributed by atoms with Crippen molar-refractivity contribution in [1.82, 2.24) is 5.32 Å². The van der Waals surface area contributed by atoms with Crippen LogP contribution in [0.1, 0.15) is 5.56 Å². The molecule has 2 aromatic carbocycles. The molecule has 25 heavy (non-hydrogen) atoms. The van der Waals surface area contributed by atoms with Crippen LogP contribution < -0.4 is 20.7 Å². The fraction of sp³-hybridized carbons (Fsp3) is 0.167. The number of carbonyl (C=O) groups excluding carboxylic acids is 3. The first-order valence-corrected chi connectivity index (χ1v) is 7.57. The summed E-state index contributed by atoms with van der Waals surface area (Å²) >= 11 is 0. The second-order valence-corrected chi connectivity index (χ2v) is 5.28. The molecule has 0 fully saturated rings. The minimum absolute atomic E-state index is 0.313. The van der Waals surface area contributed by atoms with E-state index in [-0.39, 0.29) is 6.54 Å². The van der Waals surface area contributed by atoms with Gasteiger partial charge in [-0.2, -0.15) is 0 Å². The van der Waals surface area contributed by atoms with Crippen molar-refractivity contribution in [2.75, 3.05) is 24.3 Å². The summed E-state index contributed by atoms with van der Waals surface area (Å²) in [4.78, 5) is 35.4. The molecule has 0 bridgehead atoms. The van der Waals surface area contributed by atoms with E-state index in [1.165, 1.54) is 0 Å². The minimum atomic E-state index is -0.883. The summed E-state index contributed by atoms with van der Waals surface area (Å²) in [7, 11) is 1.55. The second kappa shape index (κ2) is 8.49. The van der Waals surface area contributed by atoms with Gasteiger partial charge >= 0.3 is 11.8 Å². The number of hydrogen-bond acceptors (Lipinski definition) is 4. The van der Waals surface area contributed by atoms with Gasteiger partial charge in [0.1, 0.15) is 5.75 Å². The van der Waals surface area contributed by atoms with E-state index >= 15 is 0 Å². The molecule has 2 aromatic rings. The van der Waals surface area contributed by atoms with E-state index in [9.17, 15) is 14.4 Å². The summed E-state index contributed by atoms with van der Waals surface area (Å²) in [6, 6.07) is 13.8. The lowest BCUT2D eigenvalue weighted by molar-refractivity contribution is -0.136. The molecule has 0 atom stereocenters. The highest BCUT2D eigenvalue weighted by molar-refractivity contribution is 6.39. The first kappa shape index (κ1) is 18.0. The van der Waals surface area contributed by atoms with Crippen LogP contribution in [0.25, 0.3) is 0 Å². The molecule has 0 aliphatic heterocycles. The van der Waals surface area contributed by atoms with Gasteiger partial charge in [0.05, 0.1) is 13.7 Å². The molecule has 0 saturated carbocycles. The lowest BCUT2D eigenvalue weighted by Crippen LogP contribution is -2.39. The summed E-state index contributed by atoms with van der Waals surface area (Å²) in [5.41, 5.74) is 2.03. The molecule has 0 aliphatic rings. The predicted molar refractivity (Wildman–Crippen MR) is 94.4 cm³/mol. The lowest BCUT2D eigenvalue weighted by atomic mass is 10.2. The van der Waals surface area contributed by atoms with Crippen LogP contribution in [0.2, 0.25) is 0 Å². The van der Waals surface area contributed by atoms with Crippen LogP contribution >= 0.6 is 0 Å². The molecule has 0 radical (unpaired) electrons. The number of hydrogen-bond donors (Lipinski definition) is 3. The van der Waals surface area contributed by atoms with Crippen LogP contribution in [0.15, 0.2) is 48.5 Å². The zero-order valence-corrected chi connectivity index (χ0v) is 14.0. The first-order valence-electron chi connectivity index (χ1n) is 7.57. The maximum absolute atomic E-state index is 11.8. The lowest BCUT2D eigenvalue weighted by Gasteiger charge is -2.08. The molecule has 7 heteroatoms. The van der Waals surface area contributed by atoms with Crippen LogP contribution in [-0.4, -0.2) is 31.4 Å². The monoisotopic (exact) mass is 341 g/mol. The number of amides is 3. The van der Waals surface area contributed by atoms with Gasteiger partial charge in [-0.3, -0.25) is 14.4 Å². The molecule has 0 spiro atoms. The van der Waals surface area contributed by atoms with Gasteiger partial charge < -0.3 is 20.7 Å². The SMILES string of the molecule is COc1ccc(NC(=O)CNC(=O)C(=O)Nc2cccc(C)c2)cc1. The molecule has 3 N–H and O–H groups in total. The Hall–Kier alpha value is -3.35. The van der Waals surface area contributed by atoms with Crippen molar-refractivity contribution in [1.29, 1.82) is 0 Å². The fourth-order valence-corrected chi connectivity index (χ4v) is 2.03. The predicted octanol–water partition coefficient (Wildman–Crippen LogP) is 1.70. The Morgan fingerprint density at radius 1 is 0.920 bits per heavy atom. The van der Waals surface area contributed by atoms with E-state index in [2.05, 4.69) is 16.0 Å². The Bertz CT molecular complexity index is 772. The van der Waals surface area contributed by atoms with Crippen molar-refractivity contribution < 1.29 is 19.1 Å². The van der Waals surface area contributed by atoms with Crippen LogP contribution in [-0.2, 0) is 14.4 Å². The quantitative estimate of drug-likeness (QED) is 0.721. The highest BCUT2D eigenvalue weighted by Gasteiger charge is 2.15. The third-order valence-corrected chi connectivity index (χ3v) is 3.27. The molecule has 7 nitrogen and oxygen atoms in total. The number of methoxy groups -OCH3 is 1. The van der Waals surface area contributed by atoms with Crippen LogP contribution in [0, 0.1) is 6.92 Å². The summed E-state index contributed by atoms with van der Waals surface area (Å²) in [5.74, 6) is -1.49. The normalized spacial score (nSPS) is 9.84. The van der Waals surface area contributed by atoms with Crippen LogP contribution in [0.4, 0.5) is 11.4 Å². The highest BCUT2D eigenvalue weighted by Crippen LogP contribution is 2.14. The number of rotatable bonds is 5. The average molecular weight is 341 g/mol. The van der Waals surface area contributed by atoms with E-state index in [0.717, 1.165) is 5.56 Å². The number of anilines is 2. The second-order valence-electron chi connectivity index (χ2n) is 5.28. The van der Waals surface area contributed by atoms with Gasteiger partial charge in [-0.25, -0.2) is 0 Å². The Kier molecular flexibility index (Phi) is 6.11. The maximum atomic E-state index is 11.8. The summed E-state index contributed by atoms with van der Waals surface area (Å²) in [6.45, 7) is 1.56. The smallest absolute Gasteiger partial charge is 0.313 e. The molecule has 2 rings (SSSR count). The van der Waals surface area contributed by atoms with Crippen molar-refractivity contribution in [2.24, 2.45) is 0 Å². The molecule has 0 aromatic heterocycles. The van der Waals surface area contributed by atoms with Gasteiger partial charge in [0.2, 0.25) is 5.91 Å². The van der Waals surface area contributed by atoms with E-state index < -0.39 is 17.7 Å². The number of benzene rings is 2. The molecule has 0 unspecified atom stereocenters. The number of carbonyl (C=O) groups is 3. The summed E-state index contributed by atoms with van der Waals surface area (Å²) < 4.78 is 5.02. The third kappa shape index (κ3) is 5.65. The largest absolute Gasteiger partial charge is 0.497 e. The number of ether oxygens (including phenoxy) is 1. The third-order valence-electron chi connectivity index (χ3n) is 3.27. The van der Waals surface area contributed by atoms with Gasteiger partial charge in [0.25, 0.3) is 0 Å². The molecule has 0 aliphatic carbocycles. The highest BCUT2D eigenvalue weighted by atomic mass is 16.5. The van der Waals surface area contributed by atoms with Crippen molar-refractivity contribution in [3.8, 4) is 5.75 Å². The van der Waals surface area contributed by atoms with E-state index in [0.29, 0.717) is 17.1 Å². The van der Waals surface area contributed by atoms with E-state index in [4.69, 9.17) is 4.74 Å². The van der Waals surface area contributed by atoms with Crippen LogP contribution in [0.5, 0.6) is 5.75 Å². The van der Waals surface area contributed by atoms with Crippen molar-refractivity contribution in [2.45, 2.75) is 6.92 Å². The molecule has 0 saturated heterocycles.